The minimum absolute atomic E-state index is 0.259. The van der Waals surface area contributed by atoms with E-state index < -0.39 is 29.2 Å². The standard InChI is InChI=1S/C36H45N5O4/c1-35(2,3)45-34(44)36(4,39-41-30(32(41)33(42)43)22-27-23-37-29-19-13-12-18-28(27)29)38-31(21-20-25-14-8-6-9-15-25)40(5)24-26-16-10-7-11-17-26/h6-19,23,30-32,37-39H,20-22,24H2,1-5H3,(H,42,43)/t30-,31?,32-,36-,41?/m0/s1. The van der Waals surface area contributed by atoms with Gasteiger partial charge in [0, 0.05) is 23.6 Å². The number of aromatic amines is 1. The molecule has 1 aromatic heterocycles. The fourth-order valence-electron chi connectivity index (χ4n) is 5.89. The fraction of sp³-hybridized carbons (Fsp3) is 0.389. The predicted octanol–water partition coefficient (Wildman–Crippen LogP) is 5.09. The molecule has 0 amide bonds. The number of carbonyl (C=O) groups excluding carboxylic acids is 1. The summed E-state index contributed by atoms with van der Waals surface area (Å²) in [6.45, 7) is 7.89. The van der Waals surface area contributed by atoms with Crippen LogP contribution in [0.4, 0.5) is 0 Å². The Hall–Kier alpha value is -4.02. The second-order valence-corrected chi connectivity index (χ2v) is 13.1. The second-order valence-electron chi connectivity index (χ2n) is 13.1. The topological polar surface area (TPSA) is 110 Å². The second kappa shape index (κ2) is 13.5. The van der Waals surface area contributed by atoms with Crippen LogP contribution in [0.1, 0.15) is 50.8 Å². The average molecular weight is 612 g/mol. The first-order valence-corrected chi connectivity index (χ1v) is 15.6. The van der Waals surface area contributed by atoms with Crippen LogP contribution in [-0.2, 0) is 33.7 Å². The number of ether oxygens (including phenoxy) is 1. The highest BCUT2D eigenvalue weighted by Crippen LogP contribution is 2.33. The third-order valence-corrected chi connectivity index (χ3v) is 8.26. The Morgan fingerprint density at radius 3 is 2.22 bits per heavy atom. The molecule has 0 saturated carbocycles. The number of benzene rings is 3. The number of carbonyl (C=O) groups is 2. The number of carboxylic acid groups (broad SMARTS) is 1. The molecule has 0 aliphatic carbocycles. The van der Waals surface area contributed by atoms with Crippen LogP contribution in [0, 0.1) is 0 Å². The number of esters is 1. The molecule has 1 aliphatic rings. The minimum Gasteiger partial charge on any atom is -0.480 e. The number of nitrogens with one attached hydrogen (secondary N) is 3. The summed E-state index contributed by atoms with van der Waals surface area (Å²) >= 11 is 0. The van der Waals surface area contributed by atoms with E-state index in [4.69, 9.17) is 4.74 Å². The molecule has 1 aliphatic heterocycles. The van der Waals surface area contributed by atoms with Gasteiger partial charge in [0.25, 0.3) is 0 Å². The first kappa shape index (κ1) is 32.4. The highest BCUT2D eigenvalue weighted by molar-refractivity contribution is 5.84. The fourth-order valence-corrected chi connectivity index (χ4v) is 5.89. The number of aromatic nitrogens is 1. The van der Waals surface area contributed by atoms with E-state index >= 15 is 0 Å². The number of para-hydroxylation sites is 1. The molecule has 0 bridgehead atoms. The van der Waals surface area contributed by atoms with Crippen molar-refractivity contribution in [3.05, 3.63) is 108 Å². The van der Waals surface area contributed by atoms with Crippen LogP contribution >= 0.6 is 0 Å². The number of aryl methyl sites for hydroxylation is 1. The van der Waals surface area contributed by atoms with Gasteiger partial charge in [0.15, 0.2) is 5.66 Å². The van der Waals surface area contributed by atoms with Crippen molar-refractivity contribution in [2.24, 2.45) is 0 Å². The van der Waals surface area contributed by atoms with Gasteiger partial charge >= 0.3 is 11.9 Å². The maximum absolute atomic E-state index is 14.0. The van der Waals surface area contributed by atoms with Gasteiger partial charge in [-0.3, -0.25) is 15.0 Å². The van der Waals surface area contributed by atoms with Gasteiger partial charge < -0.3 is 14.8 Å². The molecule has 9 heteroatoms. The molecule has 4 aromatic rings. The van der Waals surface area contributed by atoms with Crippen molar-refractivity contribution in [3.63, 3.8) is 0 Å². The van der Waals surface area contributed by atoms with Gasteiger partial charge in [-0.25, -0.2) is 15.2 Å². The van der Waals surface area contributed by atoms with Crippen LogP contribution < -0.4 is 10.7 Å². The molecular formula is C36H45N5O4. The highest BCUT2D eigenvalue weighted by Gasteiger charge is 2.57. The van der Waals surface area contributed by atoms with Crippen molar-refractivity contribution in [1.29, 1.82) is 0 Å². The van der Waals surface area contributed by atoms with Crippen LogP contribution in [0.15, 0.2) is 91.1 Å². The first-order chi connectivity index (χ1) is 21.4. The monoisotopic (exact) mass is 611 g/mol. The number of hydrogen-bond acceptors (Lipinski definition) is 7. The number of hydrogen-bond donors (Lipinski definition) is 4. The van der Waals surface area contributed by atoms with Crippen LogP contribution in [0.5, 0.6) is 0 Å². The summed E-state index contributed by atoms with van der Waals surface area (Å²) in [6, 6.07) is 27.3. The van der Waals surface area contributed by atoms with Gasteiger partial charge in [-0.15, -0.1) is 0 Å². The molecule has 2 unspecified atom stereocenters. The summed E-state index contributed by atoms with van der Waals surface area (Å²) < 4.78 is 5.93. The molecule has 4 N–H and O–H groups in total. The highest BCUT2D eigenvalue weighted by atomic mass is 16.6. The lowest BCUT2D eigenvalue weighted by atomic mass is 10.1. The van der Waals surface area contributed by atoms with Gasteiger partial charge in [0.2, 0.25) is 0 Å². The van der Waals surface area contributed by atoms with E-state index in [1.54, 1.807) is 11.9 Å². The summed E-state index contributed by atoms with van der Waals surface area (Å²) in [4.78, 5) is 31.8. The van der Waals surface area contributed by atoms with Crippen molar-refractivity contribution >= 4 is 22.8 Å². The van der Waals surface area contributed by atoms with Crippen LogP contribution in [-0.4, -0.2) is 68.5 Å². The van der Waals surface area contributed by atoms with Gasteiger partial charge in [0.05, 0.1) is 12.2 Å². The predicted molar refractivity (Wildman–Crippen MR) is 176 cm³/mol. The van der Waals surface area contributed by atoms with E-state index in [1.807, 2.05) is 94.7 Å². The number of aliphatic carboxylic acids is 1. The van der Waals surface area contributed by atoms with E-state index in [-0.39, 0.29) is 12.2 Å². The lowest BCUT2D eigenvalue weighted by Gasteiger charge is -2.39. The normalized spacial score (nSPS) is 20.1. The number of nitrogens with zero attached hydrogens (tertiary/aromatic N) is 2. The lowest BCUT2D eigenvalue weighted by Crippen LogP contribution is -2.68. The number of H-pyrrole nitrogens is 1. The Balaban J connectivity index is 1.41. The zero-order valence-corrected chi connectivity index (χ0v) is 26.8. The molecule has 1 saturated heterocycles. The van der Waals surface area contributed by atoms with E-state index in [0.717, 1.165) is 28.5 Å². The largest absolute Gasteiger partial charge is 0.480 e. The average Bonchev–Trinajstić information content (AvgIpc) is 3.51. The Kier molecular flexibility index (Phi) is 9.74. The van der Waals surface area contributed by atoms with Crippen molar-refractivity contribution < 1.29 is 19.4 Å². The summed E-state index contributed by atoms with van der Waals surface area (Å²) in [5.41, 5.74) is 5.51. The molecule has 45 heavy (non-hydrogen) atoms. The van der Waals surface area contributed by atoms with Crippen LogP contribution in [0.25, 0.3) is 10.9 Å². The molecule has 5 rings (SSSR count). The number of carboxylic acids is 1. The van der Waals surface area contributed by atoms with Gasteiger partial charge in [0.1, 0.15) is 11.6 Å². The molecule has 0 radical (unpaired) electrons. The van der Waals surface area contributed by atoms with Crippen molar-refractivity contribution in [2.75, 3.05) is 7.05 Å². The number of rotatable bonds is 14. The Bertz CT molecular complexity index is 1590. The van der Waals surface area contributed by atoms with Gasteiger partial charge in [-0.05, 0) is 76.8 Å². The van der Waals surface area contributed by atoms with E-state index in [2.05, 4.69) is 44.9 Å². The van der Waals surface area contributed by atoms with E-state index in [0.29, 0.717) is 19.4 Å². The quantitative estimate of drug-likeness (QED) is 0.0887. The maximum Gasteiger partial charge on any atom is 0.342 e. The molecule has 9 nitrogen and oxygen atoms in total. The summed E-state index contributed by atoms with van der Waals surface area (Å²) in [7, 11) is 2.03. The van der Waals surface area contributed by atoms with Crippen molar-refractivity contribution in [1.82, 2.24) is 25.6 Å². The molecule has 2 heterocycles. The lowest BCUT2D eigenvalue weighted by molar-refractivity contribution is -0.168. The van der Waals surface area contributed by atoms with Crippen molar-refractivity contribution in [3.8, 4) is 0 Å². The Morgan fingerprint density at radius 1 is 0.956 bits per heavy atom. The van der Waals surface area contributed by atoms with Crippen LogP contribution in [0.2, 0.25) is 0 Å². The van der Waals surface area contributed by atoms with Crippen molar-refractivity contribution in [2.45, 2.75) is 83.0 Å². The molecule has 238 valence electrons. The smallest absolute Gasteiger partial charge is 0.342 e. The SMILES string of the molecule is CN(Cc1ccccc1)C(CCc1ccccc1)N[C@@](C)(NN1[C@H](C(=O)O)[C@@H]1Cc1c[nH]c2ccccc12)C(=O)OC(C)(C)C. The Morgan fingerprint density at radius 2 is 1.58 bits per heavy atom. The minimum atomic E-state index is -1.43. The van der Waals surface area contributed by atoms with Crippen LogP contribution in [0.3, 0.4) is 0 Å². The Labute approximate surface area is 265 Å². The summed E-state index contributed by atoms with van der Waals surface area (Å²) in [6.07, 6.45) is 3.67. The summed E-state index contributed by atoms with van der Waals surface area (Å²) in [5, 5.41) is 16.5. The molecule has 0 spiro atoms. The number of hydrazine groups is 1. The molecule has 5 atom stereocenters. The number of fused-ring (bicyclic) bond motifs is 1. The molecule has 3 aromatic carbocycles. The third-order valence-electron chi connectivity index (χ3n) is 8.26. The molecular weight excluding hydrogens is 566 g/mol. The molecule has 1 fully saturated rings. The third kappa shape index (κ3) is 8.18. The van der Waals surface area contributed by atoms with Gasteiger partial charge in [-0.1, -0.05) is 78.9 Å². The zero-order chi connectivity index (χ0) is 32.2. The first-order valence-electron chi connectivity index (χ1n) is 15.6. The van der Waals surface area contributed by atoms with Gasteiger partial charge in [-0.2, -0.15) is 0 Å². The summed E-state index contributed by atoms with van der Waals surface area (Å²) in [5.74, 6) is -1.45. The van der Waals surface area contributed by atoms with E-state index in [1.165, 1.54) is 5.56 Å². The maximum atomic E-state index is 14.0. The zero-order valence-electron chi connectivity index (χ0n) is 26.8. The van der Waals surface area contributed by atoms with E-state index in [9.17, 15) is 14.7 Å².